The van der Waals surface area contributed by atoms with Crippen molar-refractivity contribution < 1.29 is 18.7 Å². The molecule has 1 aliphatic heterocycles. The fraction of sp³-hybridized carbons (Fsp3) is 0.158. The van der Waals surface area contributed by atoms with Crippen molar-refractivity contribution in [2.24, 2.45) is 0 Å². The van der Waals surface area contributed by atoms with Gasteiger partial charge in [0.1, 0.15) is 11.5 Å². The lowest BCUT2D eigenvalue weighted by Gasteiger charge is -2.14. The van der Waals surface area contributed by atoms with Gasteiger partial charge in [0.15, 0.2) is 16.6 Å². The number of thiocarbonyl (C=S) groups is 1. The number of para-hydroxylation sites is 1. The molecular weight excluding hydrogens is 355 g/mol. The number of ether oxygens (including phenoxy) is 2. The number of benzene rings is 2. The van der Waals surface area contributed by atoms with Crippen molar-refractivity contribution in [3.05, 3.63) is 59.5 Å². The van der Waals surface area contributed by atoms with E-state index >= 15 is 0 Å². The highest BCUT2D eigenvalue weighted by molar-refractivity contribution is 7.80. The number of hydrogen-bond acceptors (Lipinski definition) is 4. The van der Waals surface area contributed by atoms with Gasteiger partial charge in [0.05, 0.1) is 19.4 Å². The minimum atomic E-state index is -0.519. The van der Waals surface area contributed by atoms with Crippen LogP contribution in [0.15, 0.2) is 48.2 Å². The van der Waals surface area contributed by atoms with Gasteiger partial charge < -0.3 is 14.8 Å². The first-order valence-corrected chi connectivity index (χ1v) is 8.38. The summed E-state index contributed by atoms with van der Waals surface area (Å²) >= 11 is 5.20. The van der Waals surface area contributed by atoms with Crippen LogP contribution in [0.4, 0.5) is 10.1 Å². The Balaban J connectivity index is 1.93. The van der Waals surface area contributed by atoms with Gasteiger partial charge in [0, 0.05) is 0 Å². The Labute approximate surface area is 156 Å². The third-order valence-electron chi connectivity index (χ3n) is 3.77. The van der Waals surface area contributed by atoms with Crippen LogP contribution >= 0.6 is 12.2 Å². The van der Waals surface area contributed by atoms with E-state index in [0.717, 1.165) is 10.5 Å². The lowest BCUT2D eigenvalue weighted by molar-refractivity contribution is -0.113. The molecule has 0 bridgehead atoms. The lowest BCUT2D eigenvalue weighted by Crippen LogP contribution is -2.31. The van der Waals surface area contributed by atoms with Gasteiger partial charge in [-0.25, -0.2) is 9.29 Å². The maximum atomic E-state index is 14.0. The number of carbonyl (C=O) groups is 1. The summed E-state index contributed by atoms with van der Waals surface area (Å²) in [4.78, 5) is 13.8. The molecule has 0 atom stereocenters. The SMILES string of the molecule is CCOc1cc(/C=C2\NC(=S)N(c3ccccc3F)C2=O)ccc1OC. The third kappa shape index (κ3) is 3.39. The van der Waals surface area contributed by atoms with Gasteiger partial charge in [-0.2, -0.15) is 0 Å². The molecule has 0 spiro atoms. The fourth-order valence-corrected chi connectivity index (χ4v) is 2.90. The second-order valence-electron chi connectivity index (χ2n) is 5.42. The van der Waals surface area contributed by atoms with Gasteiger partial charge in [-0.1, -0.05) is 18.2 Å². The highest BCUT2D eigenvalue weighted by Gasteiger charge is 2.33. The van der Waals surface area contributed by atoms with Gasteiger partial charge in [-0.3, -0.25) is 4.79 Å². The maximum absolute atomic E-state index is 14.0. The Morgan fingerprint density at radius 3 is 2.69 bits per heavy atom. The minimum Gasteiger partial charge on any atom is -0.493 e. The van der Waals surface area contributed by atoms with E-state index in [9.17, 15) is 9.18 Å². The Morgan fingerprint density at radius 2 is 2.00 bits per heavy atom. The van der Waals surface area contributed by atoms with Gasteiger partial charge >= 0.3 is 0 Å². The van der Waals surface area contributed by atoms with Crippen molar-refractivity contribution in [3.8, 4) is 11.5 Å². The topological polar surface area (TPSA) is 50.8 Å². The summed E-state index contributed by atoms with van der Waals surface area (Å²) < 4.78 is 24.8. The largest absolute Gasteiger partial charge is 0.493 e. The predicted octanol–water partition coefficient (Wildman–Crippen LogP) is 3.50. The van der Waals surface area contributed by atoms with E-state index < -0.39 is 11.7 Å². The van der Waals surface area contributed by atoms with Crippen LogP contribution < -0.4 is 19.7 Å². The van der Waals surface area contributed by atoms with Gasteiger partial charge in [0.25, 0.3) is 5.91 Å². The summed E-state index contributed by atoms with van der Waals surface area (Å²) in [5.41, 5.74) is 1.09. The van der Waals surface area contributed by atoms with Crippen LogP contribution in [0.1, 0.15) is 12.5 Å². The molecule has 1 aliphatic rings. The molecule has 1 heterocycles. The first-order chi connectivity index (χ1) is 12.5. The van der Waals surface area contributed by atoms with Crippen LogP contribution in [0, 0.1) is 5.82 Å². The molecule has 1 amide bonds. The summed E-state index contributed by atoms with van der Waals surface area (Å²) in [6.45, 7) is 2.36. The van der Waals surface area contributed by atoms with Crippen LogP contribution in [0.3, 0.4) is 0 Å². The third-order valence-corrected chi connectivity index (χ3v) is 4.05. The van der Waals surface area contributed by atoms with Crippen LogP contribution in [0.5, 0.6) is 11.5 Å². The molecule has 134 valence electrons. The minimum absolute atomic E-state index is 0.114. The monoisotopic (exact) mass is 372 g/mol. The molecule has 26 heavy (non-hydrogen) atoms. The number of nitrogens with one attached hydrogen (secondary N) is 1. The van der Waals surface area contributed by atoms with Crippen molar-refractivity contribution >= 4 is 35.0 Å². The molecule has 1 saturated heterocycles. The lowest BCUT2D eigenvalue weighted by atomic mass is 10.1. The summed E-state index contributed by atoms with van der Waals surface area (Å²) in [6, 6.07) is 11.3. The molecule has 1 N–H and O–H groups in total. The highest BCUT2D eigenvalue weighted by atomic mass is 32.1. The average molecular weight is 372 g/mol. The average Bonchev–Trinajstić information content (AvgIpc) is 2.90. The zero-order chi connectivity index (χ0) is 18.7. The molecule has 0 aromatic heterocycles. The zero-order valence-corrected chi connectivity index (χ0v) is 15.1. The molecule has 7 heteroatoms. The second kappa shape index (κ2) is 7.53. The van der Waals surface area contributed by atoms with E-state index in [1.54, 1.807) is 43.5 Å². The standard InChI is InChI=1S/C19H17FN2O3S/c1-3-25-17-11-12(8-9-16(17)24-2)10-14-18(23)22(19(26)21-14)15-7-5-4-6-13(15)20/h4-11H,3H2,1-2H3,(H,21,26)/b14-10-. The van der Waals surface area contributed by atoms with Crippen LogP contribution in [-0.4, -0.2) is 24.7 Å². The molecule has 5 nitrogen and oxygen atoms in total. The Hall–Kier alpha value is -2.93. The number of rotatable bonds is 5. The normalized spacial score (nSPS) is 15.3. The second-order valence-corrected chi connectivity index (χ2v) is 5.81. The Kier molecular flexibility index (Phi) is 5.18. The van der Waals surface area contributed by atoms with Gasteiger partial charge in [-0.05, 0) is 55.0 Å². The van der Waals surface area contributed by atoms with E-state index in [-0.39, 0.29) is 16.5 Å². The van der Waals surface area contributed by atoms with E-state index in [4.69, 9.17) is 21.7 Å². The molecule has 0 saturated carbocycles. The molecule has 0 radical (unpaired) electrons. The summed E-state index contributed by atoms with van der Waals surface area (Å²) in [7, 11) is 1.56. The quantitative estimate of drug-likeness (QED) is 0.643. The number of halogens is 1. The van der Waals surface area contributed by atoms with Crippen LogP contribution in [0.2, 0.25) is 0 Å². The summed E-state index contributed by atoms with van der Waals surface area (Å²) in [6.07, 6.45) is 1.64. The molecule has 2 aromatic rings. The zero-order valence-electron chi connectivity index (χ0n) is 14.3. The van der Waals surface area contributed by atoms with E-state index in [1.165, 1.54) is 12.1 Å². The smallest absolute Gasteiger partial charge is 0.281 e. The number of anilines is 1. The molecule has 1 fully saturated rings. The summed E-state index contributed by atoms with van der Waals surface area (Å²) in [5, 5.41) is 2.97. The van der Waals surface area contributed by atoms with Crippen LogP contribution in [-0.2, 0) is 4.79 Å². The molecule has 0 aliphatic carbocycles. The fourth-order valence-electron chi connectivity index (χ4n) is 2.60. The number of methoxy groups -OCH3 is 1. The van der Waals surface area contributed by atoms with Gasteiger partial charge in [-0.15, -0.1) is 0 Å². The predicted molar refractivity (Wildman–Crippen MR) is 102 cm³/mol. The van der Waals surface area contributed by atoms with Gasteiger partial charge in [0.2, 0.25) is 0 Å². The van der Waals surface area contributed by atoms with Crippen molar-refractivity contribution in [1.82, 2.24) is 5.32 Å². The van der Waals surface area contributed by atoms with E-state index in [1.807, 2.05) is 6.92 Å². The molecular formula is C19H17FN2O3S. The first kappa shape index (κ1) is 17.9. The number of amides is 1. The van der Waals surface area contributed by atoms with Crippen molar-refractivity contribution in [2.75, 3.05) is 18.6 Å². The van der Waals surface area contributed by atoms with Crippen molar-refractivity contribution in [2.45, 2.75) is 6.92 Å². The van der Waals surface area contributed by atoms with E-state index in [0.29, 0.717) is 18.1 Å². The van der Waals surface area contributed by atoms with Crippen molar-refractivity contribution in [3.63, 3.8) is 0 Å². The van der Waals surface area contributed by atoms with Crippen molar-refractivity contribution in [1.29, 1.82) is 0 Å². The summed E-state index contributed by atoms with van der Waals surface area (Å²) in [5.74, 6) is 0.231. The van der Waals surface area contributed by atoms with E-state index in [2.05, 4.69) is 5.32 Å². The van der Waals surface area contributed by atoms with Crippen LogP contribution in [0.25, 0.3) is 6.08 Å². The first-order valence-electron chi connectivity index (χ1n) is 7.97. The number of nitrogens with zero attached hydrogens (tertiary/aromatic N) is 1. The molecule has 3 rings (SSSR count). The number of hydrogen-bond donors (Lipinski definition) is 1. The Morgan fingerprint density at radius 1 is 1.23 bits per heavy atom. The number of carbonyl (C=O) groups excluding carboxylic acids is 1. The maximum Gasteiger partial charge on any atom is 0.281 e. The molecule has 2 aromatic carbocycles. The highest BCUT2D eigenvalue weighted by Crippen LogP contribution is 2.30. The molecule has 0 unspecified atom stereocenters. The Bertz CT molecular complexity index is 898.